The lowest BCUT2D eigenvalue weighted by molar-refractivity contribution is -0.142. The topological polar surface area (TPSA) is 94.6 Å². The molecule has 32 heavy (non-hydrogen) atoms. The number of nitrogens with one attached hydrogen (secondary N) is 1. The summed E-state index contributed by atoms with van der Waals surface area (Å²) in [6, 6.07) is 15.0. The fourth-order valence-corrected chi connectivity index (χ4v) is 3.12. The fourth-order valence-electron chi connectivity index (χ4n) is 3.12. The second kappa shape index (κ2) is 9.60. The van der Waals surface area contributed by atoms with Crippen LogP contribution in [0.5, 0.6) is 0 Å². The summed E-state index contributed by atoms with van der Waals surface area (Å²) < 4.78 is 10.2. The van der Waals surface area contributed by atoms with Gasteiger partial charge in [0.1, 0.15) is 11.6 Å². The number of amides is 1. The van der Waals surface area contributed by atoms with Crippen LogP contribution in [-0.4, -0.2) is 41.6 Å². The van der Waals surface area contributed by atoms with Crippen molar-refractivity contribution in [2.45, 2.75) is 38.8 Å². The second-order valence-corrected chi connectivity index (χ2v) is 8.37. The molecule has 1 amide bonds. The number of methoxy groups -OCH3 is 1. The highest BCUT2D eigenvalue weighted by molar-refractivity contribution is 5.99. The van der Waals surface area contributed by atoms with Crippen LogP contribution < -0.4 is 5.32 Å². The summed E-state index contributed by atoms with van der Waals surface area (Å²) in [6.45, 7) is 5.40. The van der Waals surface area contributed by atoms with Gasteiger partial charge < -0.3 is 14.8 Å². The van der Waals surface area contributed by atoms with Gasteiger partial charge in [0.15, 0.2) is 0 Å². The first kappa shape index (κ1) is 22.9. The Morgan fingerprint density at radius 2 is 1.69 bits per heavy atom. The number of carbonyl (C=O) groups is 3. The van der Waals surface area contributed by atoms with E-state index in [1.165, 1.54) is 13.3 Å². The van der Waals surface area contributed by atoms with Crippen molar-refractivity contribution >= 4 is 28.7 Å². The third kappa shape index (κ3) is 5.91. The van der Waals surface area contributed by atoms with Crippen LogP contribution in [0, 0.1) is 0 Å². The largest absolute Gasteiger partial charge is 0.467 e. The van der Waals surface area contributed by atoms with Gasteiger partial charge >= 0.3 is 11.9 Å². The van der Waals surface area contributed by atoms with Crippen LogP contribution in [0.1, 0.15) is 47.1 Å². The maximum atomic E-state index is 12.8. The van der Waals surface area contributed by atoms with Gasteiger partial charge in [0.2, 0.25) is 0 Å². The third-order valence-electron chi connectivity index (χ3n) is 4.67. The smallest absolute Gasteiger partial charge is 0.338 e. The Morgan fingerprint density at radius 3 is 2.34 bits per heavy atom. The summed E-state index contributed by atoms with van der Waals surface area (Å²) in [6.07, 6.45) is 1.68. The Morgan fingerprint density at radius 1 is 1.00 bits per heavy atom. The molecule has 0 bridgehead atoms. The van der Waals surface area contributed by atoms with Crippen LogP contribution in [0.4, 0.5) is 0 Å². The monoisotopic (exact) mass is 434 g/mol. The molecule has 0 saturated carbocycles. The van der Waals surface area contributed by atoms with Gasteiger partial charge in [-0.1, -0.05) is 30.3 Å². The normalized spacial score (nSPS) is 12.1. The summed E-state index contributed by atoms with van der Waals surface area (Å²) in [7, 11) is 1.27. The first-order valence-corrected chi connectivity index (χ1v) is 10.2. The minimum absolute atomic E-state index is 0.202. The number of fused-ring (bicyclic) bond motifs is 1. The van der Waals surface area contributed by atoms with E-state index in [9.17, 15) is 14.4 Å². The summed E-state index contributed by atoms with van der Waals surface area (Å²) in [4.78, 5) is 41.5. The van der Waals surface area contributed by atoms with Crippen LogP contribution in [-0.2, 0) is 20.7 Å². The van der Waals surface area contributed by atoms with Crippen molar-refractivity contribution in [2.24, 2.45) is 0 Å². The van der Waals surface area contributed by atoms with E-state index in [1.54, 1.807) is 51.1 Å². The lowest BCUT2D eigenvalue weighted by atomic mass is 10.0. The number of ether oxygens (including phenoxy) is 2. The van der Waals surface area contributed by atoms with Crippen LogP contribution >= 0.6 is 0 Å². The van der Waals surface area contributed by atoms with Gasteiger partial charge in [-0.15, -0.1) is 0 Å². The van der Waals surface area contributed by atoms with Crippen molar-refractivity contribution < 1.29 is 23.9 Å². The van der Waals surface area contributed by atoms with E-state index in [1.807, 2.05) is 24.3 Å². The van der Waals surface area contributed by atoms with Crippen molar-refractivity contribution in [2.75, 3.05) is 7.11 Å². The number of hydrogen-bond donors (Lipinski definition) is 1. The number of esters is 2. The van der Waals surface area contributed by atoms with Gasteiger partial charge in [0, 0.05) is 18.0 Å². The molecule has 7 nitrogen and oxygen atoms in total. The predicted molar refractivity (Wildman–Crippen MR) is 120 cm³/mol. The van der Waals surface area contributed by atoms with Crippen molar-refractivity contribution in [1.82, 2.24) is 10.3 Å². The van der Waals surface area contributed by atoms with Gasteiger partial charge in [-0.3, -0.25) is 9.78 Å². The molecule has 3 rings (SSSR count). The van der Waals surface area contributed by atoms with Crippen LogP contribution in [0.3, 0.4) is 0 Å². The lowest BCUT2D eigenvalue weighted by Crippen LogP contribution is -2.43. The van der Waals surface area contributed by atoms with Crippen molar-refractivity contribution in [3.05, 3.63) is 77.5 Å². The predicted octanol–water partition coefficient (Wildman–Crippen LogP) is 3.70. The van der Waals surface area contributed by atoms with E-state index in [0.717, 1.165) is 16.5 Å². The molecule has 1 aromatic heterocycles. The number of hydrogen-bond acceptors (Lipinski definition) is 6. The number of rotatable bonds is 6. The Kier molecular flexibility index (Phi) is 6.88. The maximum absolute atomic E-state index is 12.8. The van der Waals surface area contributed by atoms with Crippen LogP contribution in [0.15, 0.2) is 60.8 Å². The number of aromatic nitrogens is 1. The number of nitrogens with zero attached hydrogens (tertiary/aromatic N) is 1. The molecular formula is C25H26N2O5. The Bertz CT molecular complexity index is 1130. The minimum Gasteiger partial charge on any atom is -0.467 e. The standard InChI is InChI=1S/C25H26N2O5/c1-25(2,3)32-23(29)17-11-9-16(10-12-17)13-21(24(30)31-4)27-22(28)19-14-18-7-5-6-8-20(18)26-15-19/h5-12,14-15,21H,13H2,1-4H3,(H,27,28)/t21-/m0/s1. The zero-order valence-electron chi connectivity index (χ0n) is 18.5. The molecule has 0 aliphatic heterocycles. The molecule has 1 atom stereocenters. The van der Waals surface area contributed by atoms with E-state index in [-0.39, 0.29) is 6.42 Å². The molecule has 0 fully saturated rings. The van der Waals surface area contributed by atoms with Crippen molar-refractivity contribution in [1.29, 1.82) is 0 Å². The van der Waals surface area contributed by atoms with Crippen LogP contribution in [0.25, 0.3) is 10.9 Å². The first-order valence-electron chi connectivity index (χ1n) is 10.2. The quantitative estimate of drug-likeness (QED) is 0.595. The summed E-state index contributed by atoms with van der Waals surface area (Å²) in [5, 5.41) is 3.55. The molecule has 0 unspecified atom stereocenters. The molecule has 166 valence electrons. The zero-order valence-corrected chi connectivity index (χ0v) is 18.5. The van der Waals surface area contributed by atoms with Gasteiger partial charge in [-0.2, -0.15) is 0 Å². The summed E-state index contributed by atoms with van der Waals surface area (Å²) in [5.74, 6) is -1.42. The van der Waals surface area contributed by atoms with E-state index in [0.29, 0.717) is 11.1 Å². The zero-order chi connectivity index (χ0) is 23.3. The molecule has 1 N–H and O–H groups in total. The number of para-hydroxylation sites is 1. The summed E-state index contributed by atoms with van der Waals surface area (Å²) in [5.41, 5.74) is 1.69. The number of benzene rings is 2. The van der Waals surface area contributed by atoms with Gasteiger partial charge in [0.25, 0.3) is 5.91 Å². The minimum atomic E-state index is -0.897. The Hall–Kier alpha value is -3.74. The third-order valence-corrected chi connectivity index (χ3v) is 4.67. The van der Waals surface area contributed by atoms with E-state index in [4.69, 9.17) is 9.47 Å². The maximum Gasteiger partial charge on any atom is 0.338 e. The molecule has 0 saturated heterocycles. The van der Waals surface area contributed by atoms with Gasteiger partial charge in [-0.05, 0) is 50.6 Å². The van der Waals surface area contributed by atoms with Crippen molar-refractivity contribution in [3.8, 4) is 0 Å². The number of pyridine rings is 1. The van der Waals surface area contributed by atoms with Crippen molar-refractivity contribution in [3.63, 3.8) is 0 Å². The van der Waals surface area contributed by atoms with E-state index < -0.39 is 29.5 Å². The van der Waals surface area contributed by atoms with Crippen LogP contribution in [0.2, 0.25) is 0 Å². The van der Waals surface area contributed by atoms with Gasteiger partial charge in [-0.25, -0.2) is 9.59 Å². The molecule has 1 heterocycles. The molecule has 0 spiro atoms. The molecule has 3 aromatic rings. The highest BCUT2D eigenvalue weighted by Crippen LogP contribution is 2.15. The first-order chi connectivity index (χ1) is 15.2. The fraction of sp³-hybridized carbons (Fsp3) is 0.280. The van der Waals surface area contributed by atoms with E-state index >= 15 is 0 Å². The second-order valence-electron chi connectivity index (χ2n) is 8.37. The summed E-state index contributed by atoms with van der Waals surface area (Å²) >= 11 is 0. The average Bonchev–Trinajstić information content (AvgIpc) is 2.77. The van der Waals surface area contributed by atoms with E-state index in [2.05, 4.69) is 10.3 Å². The average molecular weight is 434 g/mol. The Balaban J connectivity index is 1.73. The van der Waals surface area contributed by atoms with Gasteiger partial charge in [0.05, 0.1) is 23.8 Å². The SMILES string of the molecule is COC(=O)[C@H](Cc1ccc(C(=O)OC(C)(C)C)cc1)NC(=O)c1cnc2ccccc2c1. The molecule has 7 heteroatoms. The highest BCUT2D eigenvalue weighted by atomic mass is 16.6. The molecule has 0 aliphatic rings. The molecule has 0 radical (unpaired) electrons. The lowest BCUT2D eigenvalue weighted by Gasteiger charge is -2.20. The molecule has 0 aliphatic carbocycles. The molecular weight excluding hydrogens is 408 g/mol. The molecule has 2 aromatic carbocycles. The highest BCUT2D eigenvalue weighted by Gasteiger charge is 2.23. The number of carbonyl (C=O) groups excluding carboxylic acids is 3. The Labute approximate surface area is 186 Å².